The lowest BCUT2D eigenvalue weighted by Crippen LogP contribution is -2.59. The summed E-state index contributed by atoms with van der Waals surface area (Å²) in [5, 5.41) is 16.1. The number of carboxylic acid groups (broad SMARTS) is 1. The Morgan fingerprint density at radius 2 is 1.47 bits per heavy atom. The third kappa shape index (κ3) is 10.4. The molecule has 0 spiro atoms. The van der Waals surface area contributed by atoms with Gasteiger partial charge in [0.2, 0.25) is 29.5 Å². The molecule has 0 saturated carbocycles. The molecule has 5 amide bonds. The number of carbonyl (C=O) groups is 6. The normalized spacial score (nSPS) is 15.4. The molecule has 0 aromatic carbocycles. The molecule has 0 aliphatic rings. The average Bonchev–Trinajstić information content (AvgIpc) is 2.71. The van der Waals surface area contributed by atoms with E-state index in [-0.39, 0.29) is 18.6 Å². The molecule has 0 fully saturated rings. The molecule has 0 saturated heterocycles. The van der Waals surface area contributed by atoms with Crippen LogP contribution in [-0.2, 0) is 28.8 Å². The van der Waals surface area contributed by atoms with Gasteiger partial charge in [0.15, 0.2) is 0 Å². The van der Waals surface area contributed by atoms with Crippen LogP contribution in [0.15, 0.2) is 0 Å². The molecule has 0 rings (SSSR count). The second-order valence-corrected chi connectivity index (χ2v) is 7.66. The average molecular weight is 477 g/mol. The van der Waals surface area contributed by atoms with Gasteiger partial charge in [0.25, 0.3) is 0 Å². The van der Waals surface area contributed by atoms with E-state index < -0.39 is 72.0 Å². The molecule has 5 unspecified atom stereocenters. The summed E-state index contributed by atoms with van der Waals surface area (Å²) in [5.41, 5.74) is 15.8. The summed E-state index contributed by atoms with van der Waals surface area (Å²) in [6, 6.07) is -5.06. The number of primary amides is 2. The molecular weight excluding hydrogens is 444 g/mol. The van der Waals surface area contributed by atoms with Crippen LogP contribution < -0.4 is 33.2 Å². The Bertz CT molecular complexity index is 720. The van der Waals surface area contributed by atoms with E-state index in [1.165, 1.54) is 0 Å². The van der Waals surface area contributed by atoms with Crippen molar-refractivity contribution in [1.82, 2.24) is 16.0 Å². The van der Waals surface area contributed by atoms with E-state index >= 15 is 0 Å². The molecule has 0 bridgehead atoms. The van der Waals surface area contributed by atoms with Gasteiger partial charge in [-0.3, -0.25) is 24.0 Å². The van der Waals surface area contributed by atoms with Gasteiger partial charge in [0.05, 0.1) is 12.5 Å². The Hall–Kier alpha value is -2.87. The lowest BCUT2D eigenvalue weighted by atomic mass is 9.97. The fraction of sp³-hybridized carbons (Fsp3) is 0.667. The maximum absolute atomic E-state index is 12.8. The fourth-order valence-corrected chi connectivity index (χ4v) is 2.77. The summed E-state index contributed by atoms with van der Waals surface area (Å²) in [4.78, 5) is 71.0. The summed E-state index contributed by atoms with van der Waals surface area (Å²) in [6.07, 6.45) is -0.372. The standard InChI is InChI=1S/C18H32N6O7S/c1-3-8(2)14(17(29)23-11(7-32)18(30)31)24-16(28)10(6-13(21)26)22-15(27)9(19)4-5-12(20)25/h8-11,14,32H,3-7,19H2,1-2H3,(H2,20,25)(H2,21,26)(H,22,27)(H,23,29)(H,24,28)(H,30,31). The highest BCUT2D eigenvalue weighted by Gasteiger charge is 2.33. The van der Waals surface area contributed by atoms with E-state index in [2.05, 4.69) is 28.6 Å². The predicted molar refractivity (Wildman–Crippen MR) is 117 cm³/mol. The van der Waals surface area contributed by atoms with E-state index in [0.717, 1.165) is 0 Å². The van der Waals surface area contributed by atoms with Gasteiger partial charge in [-0.15, -0.1) is 0 Å². The third-order valence-electron chi connectivity index (χ3n) is 4.67. The minimum absolute atomic E-state index is 0.0791. The van der Waals surface area contributed by atoms with Crippen molar-refractivity contribution < 1.29 is 33.9 Å². The number of hydrogen-bond donors (Lipinski definition) is 8. The Balaban J connectivity index is 5.46. The van der Waals surface area contributed by atoms with Crippen molar-refractivity contribution in [3.8, 4) is 0 Å². The first-order valence-electron chi connectivity index (χ1n) is 9.90. The van der Waals surface area contributed by atoms with Crippen LogP contribution in [0, 0.1) is 5.92 Å². The number of amides is 5. The first-order chi connectivity index (χ1) is 14.8. The van der Waals surface area contributed by atoms with Crippen molar-refractivity contribution in [2.45, 2.75) is 63.7 Å². The summed E-state index contributed by atoms with van der Waals surface area (Å²) in [5.74, 6) is -5.94. The first kappa shape index (κ1) is 29.1. The molecule has 0 aromatic heterocycles. The van der Waals surface area contributed by atoms with Crippen LogP contribution in [-0.4, -0.2) is 70.5 Å². The van der Waals surface area contributed by atoms with Gasteiger partial charge in [-0.05, 0) is 12.3 Å². The minimum Gasteiger partial charge on any atom is -0.480 e. The molecule has 10 N–H and O–H groups in total. The predicted octanol–water partition coefficient (Wildman–Crippen LogP) is -3.03. The van der Waals surface area contributed by atoms with Gasteiger partial charge in [-0.25, -0.2) is 4.79 Å². The zero-order valence-electron chi connectivity index (χ0n) is 18.0. The molecule has 0 aliphatic carbocycles. The number of carbonyl (C=O) groups excluding carboxylic acids is 5. The maximum Gasteiger partial charge on any atom is 0.327 e. The molecule has 0 radical (unpaired) electrons. The van der Waals surface area contributed by atoms with Crippen molar-refractivity contribution in [2.75, 3.05) is 5.75 Å². The van der Waals surface area contributed by atoms with Crippen molar-refractivity contribution in [1.29, 1.82) is 0 Å². The van der Waals surface area contributed by atoms with Gasteiger partial charge in [-0.1, -0.05) is 20.3 Å². The Morgan fingerprint density at radius 1 is 0.906 bits per heavy atom. The van der Waals surface area contributed by atoms with Gasteiger partial charge < -0.3 is 38.3 Å². The van der Waals surface area contributed by atoms with Crippen LogP contribution in [0.3, 0.4) is 0 Å². The zero-order valence-corrected chi connectivity index (χ0v) is 18.9. The Labute approximate surface area is 191 Å². The van der Waals surface area contributed by atoms with Crippen LogP contribution in [0.25, 0.3) is 0 Å². The van der Waals surface area contributed by atoms with Gasteiger partial charge in [0, 0.05) is 12.2 Å². The highest BCUT2D eigenvalue weighted by atomic mass is 32.1. The van der Waals surface area contributed by atoms with Crippen LogP contribution in [0.4, 0.5) is 0 Å². The van der Waals surface area contributed by atoms with Crippen molar-refractivity contribution in [3.63, 3.8) is 0 Å². The monoisotopic (exact) mass is 476 g/mol. The molecule has 14 heteroatoms. The smallest absolute Gasteiger partial charge is 0.327 e. The maximum atomic E-state index is 12.8. The van der Waals surface area contributed by atoms with Crippen molar-refractivity contribution in [2.24, 2.45) is 23.1 Å². The second kappa shape index (κ2) is 14.2. The molecule has 0 aromatic rings. The minimum atomic E-state index is -1.45. The summed E-state index contributed by atoms with van der Waals surface area (Å²) in [7, 11) is 0. The third-order valence-corrected chi connectivity index (χ3v) is 5.03. The molecule has 0 aliphatic heterocycles. The Kier molecular flexibility index (Phi) is 13.0. The van der Waals surface area contributed by atoms with Crippen LogP contribution in [0.1, 0.15) is 39.5 Å². The number of nitrogens with two attached hydrogens (primary N) is 3. The van der Waals surface area contributed by atoms with Gasteiger partial charge >= 0.3 is 5.97 Å². The lowest BCUT2D eigenvalue weighted by molar-refractivity contribution is -0.142. The van der Waals surface area contributed by atoms with E-state index in [0.29, 0.717) is 6.42 Å². The van der Waals surface area contributed by atoms with E-state index in [1.54, 1.807) is 13.8 Å². The summed E-state index contributed by atoms with van der Waals surface area (Å²) < 4.78 is 0. The number of carboxylic acids is 1. The fourth-order valence-electron chi connectivity index (χ4n) is 2.52. The van der Waals surface area contributed by atoms with Gasteiger partial charge in [0.1, 0.15) is 18.1 Å². The number of nitrogens with one attached hydrogen (secondary N) is 3. The SMILES string of the molecule is CCC(C)C(NC(=O)C(CC(N)=O)NC(=O)C(N)CCC(N)=O)C(=O)NC(CS)C(=O)O. The molecule has 182 valence electrons. The molecule has 5 atom stereocenters. The highest BCUT2D eigenvalue weighted by Crippen LogP contribution is 2.10. The van der Waals surface area contributed by atoms with E-state index in [1.807, 2.05) is 0 Å². The van der Waals surface area contributed by atoms with E-state index in [9.17, 15) is 28.8 Å². The number of thiol groups is 1. The lowest BCUT2D eigenvalue weighted by Gasteiger charge is -2.27. The summed E-state index contributed by atoms with van der Waals surface area (Å²) in [6.45, 7) is 3.41. The van der Waals surface area contributed by atoms with Gasteiger partial charge in [-0.2, -0.15) is 12.6 Å². The number of aliphatic carboxylic acids is 1. The first-order valence-corrected chi connectivity index (χ1v) is 10.5. The molecule has 32 heavy (non-hydrogen) atoms. The van der Waals surface area contributed by atoms with Crippen molar-refractivity contribution >= 4 is 48.1 Å². The number of hydrogen-bond acceptors (Lipinski definition) is 8. The molecular formula is C18H32N6O7S. The zero-order chi connectivity index (χ0) is 25.0. The molecule has 13 nitrogen and oxygen atoms in total. The Morgan fingerprint density at radius 3 is 1.91 bits per heavy atom. The quantitative estimate of drug-likeness (QED) is 0.113. The highest BCUT2D eigenvalue weighted by molar-refractivity contribution is 7.80. The summed E-state index contributed by atoms with van der Waals surface area (Å²) >= 11 is 3.88. The molecule has 0 heterocycles. The number of rotatable bonds is 15. The van der Waals surface area contributed by atoms with Crippen LogP contribution in [0.5, 0.6) is 0 Å². The van der Waals surface area contributed by atoms with Crippen LogP contribution >= 0.6 is 12.6 Å². The second-order valence-electron chi connectivity index (χ2n) is 7.30. The topological polar surface area (TPSA) is 237 Å². The van der Waals surface area contributed by atoms with Crippen molar-refractivity contribution in [3.05, 3.63) is 0 Å². The van der Waals surface area contributed by atoms with E-state index in [4.69, 9.17) is 22.3 Å². The largest absolute Gasteiger partial charge is 0.480 e. The van der Waals surface area contributed by atoms with Crippen LogP contribution in [0.2, 0.25) is 0 Å².